The van der Waals surface area contributed by atoms with Crippen molar-refractivity contribution in [1.29, 1.82) is 0 Å². The van der Waals surface area contributed by atoms with Crippen LogP contribution in [0.1, 0.15) is 22.7 Å². The van der Waals surface area contributed by atoms with Crippen molar-refractivity contribution < 1.29 is 13.2 Å². The first-order chi connectivity index (χ1) is 9.79. The van der Waals surface area contributed by atoms with E-state index in [9.17, 15) is 13.2 Å². The molecular weight excluding hydrogens is 277 g/mol. The highest BCUT2D eigenvalue weighted by atomic mass is 19.4. The van der Waals surface area contributed by atoms with Crippen molar-refractivity contribution in [3.63, 3.8) is 0 Å². The molecule has 0 heterocycles. The summed E-state index contributed by atoms with van der Waals surface area (Å²) >= 11 is 0. The van der Waals surface area contributed by atoms with Crippen LogP contribution in [0, 0.1) is 0 Å². The number of nitrogens with zero attached hydrogens (tertiary/aromatic N) is 1. The molecule has 0 aliphatic rings. The van der Waals surface area contributed by atoms with Gasteiger partial charge in [0.15, 0.2) is 0 Å². The Kier molecular flexibility index (Phi) is 4.23. The minimum Gasteiger partial charge on any atom is -0.378 e. The van der Waals surface area contributed by atoms with E-state index in [1.165, 1.54) is 6.07 Å². The number of alkyl halides is 3. The lowest BCUT2D eigenvalue weighted by molar-refractivity contribution is -0.137. The van der Waals surface area contributed by atoms with Gasteiger partial charge in [-0.3, -0.25) is 0 Å². The topological polar surface area (TPSA) is 29.3 Å². The molecule has 2 aromatic rings. The van der Waals surface area contributed by atoms with Gasteiger partial charge in [0, 0.05) is 19.8 Å². The number of halogens is 3. The minimum absolute atomic E-state index is 0.447. The smallest absolute Gasteiger partial charge is 0.378 e. The van der Waals surface area contributed by atoms with Gasteiger partial charge in [-0.2, -0.15) is 13.2 Å². The number of rotatable bonds is 3. The van der Waals surface area contributed by atoms with Gasteiger partial charge in [-0.25, -0.2) is 0 Å². The third-order valence-corrected chi connectivity index (χ3v) is 3.34. The third kappa shape index (κ3) is 3.55. The fraction of sp³-hybridized carbons (Fsp3) is 0.250. The van der Waals surface area contributed by atoms with Crippen LogP contribution in [0.25, 0.3) is 0 Å². The van der Waals surface area contributed by atoms with E-state index in [4.69, 9.17) is 5.73 Å². The van der Waals surface area contributed by atoms with Gasteiger partial charge in [0.05, 0.1) is 11.6 Å². The molecule has 0 amide bonds. The molecule has 2 aromatic carbocycles. The van der Waals surface area contributed by atoms with Crippen LogP contribution in [0.5, 0.6) is 0 Å². The van der Waals surface area contributed by atoms with Crippen molar-refractivity contribution in [3.8, 4) is 0 Å². The molecule has 0 aliphatic heterocycles. The fourth-order valence-corrected chi connectivity index (χ4v) is 2.08. The van der Waals surface area contributed by atoms with Gasteiger partial charge in [0.1, 0.15) is 0 Å². The average molecular weight is 294 g/mol. The van der Waals surface area contributed by atoms with Crippen molar-refractivity contribution in [2.45, 2.75) is 12.2 Å². The van der Waals surface area contributed by atoms with Gasteiger partial charge in [-0.05, 0) is 35.4 Å². The Morgan fingerprint density at radius 3 is 2.10 bits per heavy atom. The summed E-state index contributed by atoms with van der Waals surface area (Å²) in [6, 6.07) is 12.0. The highest BCUT2D eigenvalue weighted by Crippen LogP contribution is 2.31. The second-order valence-corrected chi connectivity index (χ2v) is 5.09. The maximum atomic E-state index is 12.7. The van der Waals surface area contributed by atoms with Crippen molar-refractivity contribution in [2.75, 3.05) is 19.0 Å². The van der Waals surface area contributed by atoms with E-state index in [1.807, 2.05) is 43.3 Å². The van der Waals surface area contributed by atoms with Crippen LogP contribution in [-0.4, -0.2) is 14.1 Å². The van der Waals surface area contributed by atoms with Crippen molar-refractivity contribution in [2.24, 2.45) is 5.73 Å². The molecular formula is C16H17F3N2. The quantitative estimate of drug-likeness (QED) is 0.932. The van der Waals surface area contributed by atoms with Crippen LogP contribution >= 0.6 is 0 Å². The van der Waals surface area contributed by atoms with E-state index < -0.39 is 17.8 Å². The van der Waals surface area contributed by atoms with Crippen LogP contribution in [0.4, 0.5) is 18.9 Å². The van der Waals surface area contributed by atoms with Gasteiger partial charge in [-0.15, -0.1) is 0 Å². The minimum atomic E-state index is -4.36. The predicted molar refractivity (Wildman–Crippen MR) is 78.2 cm³/mol. The Bertz CT molecular complexity index is 604. The zero-order chi connectivity index (χ0) is 15.6. The molecule has 0 saturated carbocycles. The van der Waals surface area contributed by atoms with Gasteiger partial charge < -0.3 is 10.6 Å². The van der Waals surface area contributed by atoms with Crippen LogP contribution in [0.2, 0.25) is 0 Å². The zero-order valence-corrected chi connectivity index (χ0v) is 11.9. The number of anilines is 1. The normalized spacial score (nSPS) is 13.0. The van der Waals surface area contributed by atoms with Gasteiger partial charge >= 0.3 is 6.18 Å². The highest BCUT2D eigenvalue weighted by Gasteiger charge is 2.30. The lowest BCUT2D eigenvalue weighted by Crippen LogP contribution is -2.14. The fourth-order valence-electron chi connectivity index (χ4n) is 2.08. The number of benzene rings is 2. The SMILES string of the molecule is CN(C)c1ccc(C(N)c2cccc(C(F)(F)F)c2)cc1. The largest absolute Gasteiger partial charge is 0.416 e. The van der Waals surface area contributed by atoms with Gasteiger partial charge in [0.2, 0.25) is 0 Å². The molecule has 1 unspecified atom stereocenters. The zero-order valence-electron chi connectivity index (χ0n) is 11.9. The van der Waals surface area contributed by atoms with Crippen LogP contribution < -0.4 is 10.6 Å². The molecule has 0 bridgehead atoms. The van der Waals surface area contributed by atoms with Crippen LogP contribution in [0.3, 0.4) is 0 Å². The van der Waals surface area contributed by atoms with Crippen LogP contribution in [-0.2, 0) is 6.18 Å². The second kappa shape index (κ2) is 5.77. The van der Waals surface area contributed by atoms with Gasteiger partial charge in [-0.1, -0.05) is 24.3 Å². The Balaban J connectivity index is 2.29. The van der Waals surface area contributed by atoms with E-state index in [1.54, 1.807) is 6.07 Å². The van der Waals surface area contributed by atoms with E-state index in [0.717, 1.165) is 23.4 Å². The molecule has 2 nitrogen and oxygen atoms in total. The molecule has 21 heavy (non-hydrogen) atoms. The Morgan fingerprint density at radius 1 is 0.952 bits per heavy atom. The number of hydrogen-bond donors (Lipinski definition) is 1. The molecule has 0 fully saturated rings. The standard InChI is InChI=1S/C16H17F3N2/c1-21(2)14-8-6-11(7-9-14)15(20)12-4-3-5-13(10-12)16(17,18)19/h3-10,15H,20H2,1-2H3. The lowest BCUT2D eigenvalue weighted by Gasteiger charge is -2.17. The third-order valence-electron chi connectivity index (χ3n) is 3.34. The summed E-state index contributed by atoms with van der Waals surface area (Å²) in [6.07, 6.45) is -4.36. The van der Waals surface area contributed by atoms with Crippen molar-refractivity contribution in [1.82, 2.24) is 0 Å². The maximum Gasteiger partial charge on any atom is 0.416 e. The molecule has 2 rings (SSSR count). The first-order valence-electron chi connectivity index (χ1n) is 6.49. The maximum absolute atomic E-state index is 12.7. The summed E-state index contributed by atoms with van der Waals surface area (Å²) in [6.45, 7) is 0. The molecule has 0 spiro atoms. The molecule has 1 atom stereocenters. The first-order valence-corrected chi connectivity index (χ1v) is 6.49. The summed E-state index contributed by atoms with van der Waals surface area (Å²) in [5.74, 6) is 0. The van der Waals surface area contributed by atoms with E-state index >= 15 is 0 Å². The Hall–Kier alpha value is -2.01. The summed E-state index contributed by atoms with van der Waals surface area (Å²) in [4.78, 5) is 1.94. The monoisotopic (exact) mass is 294 g/mol. The lowest BCUT2D eigenvalue weighted by atomic mass is 9.97. The highest BCUT2D eigenvalue weighted by molar-refractivity contribution is 5.47. The first kappa shape index (κ1) is 15.4. The number of nitrogens with two attached hydrogens (primary N) is 1. The van der Waals surface area contributed by atoms with Crippen LogP contribution in [0.15, 0.2) is 48.5 Å². The summed E-state index contributed by atoms with van der Waals surface area (Å²) < 4.78 is 38.2. The number of hydrogen-bond acceptors (Lipinski definition) is 2. The predicted octanol–water partition coefficient (Wildman–Crippen LogP) is 3.82. The Labute approximate surface area is 122 Å². The summed E-state index contributed by atoms with van der Waals surface area (Å²) in [5.41, 5.74) is 7.63. The molecule has 0 radical (unpaired) electrons. The molecule has 2 N–H and O–H groups in total. The Morgan fingerprint density at radius 2 is 1.57 bits per heavy atom. The van der Waals surface area contributed by atoms with Crippen molar-refractivity contribution in [3.05, 3.63) is 65.2 Å². The molecule has 0 aromatic heterocycles. The van der Waals surface area contributed by atoms with E-state index in [0.29, 0.717) is 5.56 Å². The molecule has 5 heteroatoms. The second-order valence-electron chi connectivity index (χ2n) is 5.09. The molecule has 0 saturated heterocycles. The molecule has 112 valence electrons. The molecule has 0 aliphatic carbocycles. The van der Waals surface area contributed by atoms with E-state index in [-0.39, 0.29) is 0 Å². The average Bonchev–Trinajstić information content (AvgIpc) is 2.46. The van der Waals surface area contributed by atoms with Crippen molar-refractivity contribution >= 4 is 5.69 Å². The van der Waals surface area contributed by atoms with Gasteiger partial charge in [0.25, 0.3) is 0 Å². The summed E-state index contributed by atoms with van der Waals surface area (Å²) in [5, 5.41) is 0. The summed E-state index contributed by atoms with van der Waals surface area (Å²) in [7, 11) is 3.84. The van der Waals surface area contributed by atoms with E-state index in [2.05, 4.69) is 0 Å².